The number of aromatic nitrogens is 3. The second-order valence-corrected chi connectivity index (χ2v) is 6.84. The summed E-state index contributed by atoms with van der Waals surface area (Å²) in [6, 6.07) is 5.51. The van der Waals surface area contributed by atoms with Crippen molar-refractivity contribution in [3.8, 4) is 22.8 Å². The third-order valence-electron chi connectivity index (χ3n) is 3.95. The average molecular weight is 339 g/mol. The van der Waals surface area contributed by atoms with Gasteiger partial charge < -0.3 is 14.5 Å². The van der Waals surface area contributed by atoms with Crippen molar-refractivity contribution in [2.45, 2.75) is 20.8 Å². The van der Waals surface area contributed by atoms with Crippen LogP contribution in [0.3, 0.4) is 0 Å². The van der Waals surface area contributed by atoms with E-state index in [9.17, 15) is 4.79 Å². The van der Waals surface area contributed by atoms with E-state index >= 15 is 0 Å². The highest BCUT2D eigenvalue weighted by Gasteiger charge is 2.26. The van der Waals surface area contributed by atoms with E-state index in [2.05, 4.69) is 15.0 Å². The zero-order chi connectivity index (χ0) is 18.2. The molecule has 130 valence electrons. The number of Topliss-reactive ketones (excluding diaryl/α,β-unsaturated/α-hetero) is 1. The van der Waals surface area contributed by atoms with Crippen LogP contribution in [0.5, 0.6) is 11.5 Å². The van der Waals surface area contributed by atoms with Gasteiger partial charge in [0.2, 0.25) is 0 Å². The fourth-order valence-electron chi connectivity index (χ4n) is 2.56. The molecule has 6 heteroatoms. The zero-order valence-electron chi connectivity index (χ0n) is 15.0. The molecule has 0 aliphatic heterocycles. The van der Waals surface area contributed by atoms with Gasteiger partial charge in [-0.05, 0) is 12.1 Å². The summed E-state index contributed by atoms with van der Waals surface area (Å²) in [5.41, 5.74) is 2.66. The van der Waals surface area contributed by atoms with E-state index in [-0.39, 0.29) is 5.78 Å². The lowest BCUT2D eigenvalue weighted by atomic mass is 9.87. The number of hydrogen-bond acceptors (Lipinski definition) is 5. The van der Waals surface area contributed by atoms with Crippen LogP contribution in [0.25, 0.3) is 22.4 Å². The Morgan fingerprint density at radius 3 is 2.28 bits per heavy atom. The number of methoxy groups -OCH3 is 2. The number of nitrogens with zero attached hydrogens (tertiary/aromatic N) is 2. The van der Waals surface area contributed by atoms with Crippen LogP contribution in [-0.2, 0) is 0 Å². The van der Waals surface area contributed by atoms with Gasteiger partial charge >= 0.3 is 0 Å². The van der Waals surface area contributed by atoms with E-state index in [1.807, 2.05) is 32.9 Å². The summed E-state index contributed by atoms with van der Waals surface area (Å²) in [4.78, 5) is 24.8. The van der Waals surface area contributed by atoms with E-state index in [0.29, 0.717) is 33.9 Å². The van der Waals surface area contributed by atoms with Crippen molar-refractivity contribution in [1.29, 1.82) is 0 Å². The van der Waals surface area contributed by atoms with Crippen LogP contribution in [0.15, 0.2) is 30.6 Å². The van der Waals surface area contributed by atoms with Gasteiger partial charge in [-0.15, -0.1) is 0 Å². The molecule has 2 heterocycles. The Bertz CT molecular complexity index is 916. The van der Waals surface area contributed by atoms with Crippen LogP contribution in [0.4, 0.5) is 0 Å². The SMILES string of the molecule is COc1cc(OC)cc(-c2cnc3[nH]cc(C(=O)C(C)(C)C)c3n2)c1. The molecular formula is C19H21N3O3. The molecule has 0 saturated heterocycles. The monoisotopic (exact) mass is 339 g/mol. The Kier molecular flexibility index (Phi) is 4.20. The molecule has 0 atom stereocenters. The lowest BCUT2D eigenvalue weighted by molar-refractivity contribution is 0.0860. The van der Waals surface area contributed by atoms with Crippen LogP contribution in [0.1, 0.15) is 31.1 Å². The summed E-state index contributed by atoms with van der Waals surface area (Å²) >= 11 is 0. The van der Waals surface area contributed by atoms with Crippen molar-refractivity contribution in [3.05, 3.63) is 36.2 Å². The third-order valence-corrected chi connectivity index (χ3v) is 3.95. The Balaban J connectivity index is 2.14. The van der Waals surface area contributed by atoms with Gasteiger partial charge in [0.15, 0.2) is 11.4 Å². The standard InChI is InChI=1S/C19H21N3O3/c1-19(2,3)17(23)14-9-20-18-16(14)22-15(10-21-18)11-6-12(24-4)8-13(7-11)25-5/h6-10H,1-5H3,(H,20,21). The van der Waals surface area contributed by atoms with E-state index in [1.165, 1.54) is 0 Å². The average Bonchev–Trinajstić information content (AvgIpc) is 3.02. The first-order valence-corrected chi connectivity index (χ1v) is 7.96. The lowest BCUT2D eigenvalue weighted by Gasteiger charge is -2.15. The topological polar surface area (TPSA) is 77.1 Å². The fourth-order valence-corrected chi connectivity index (χ4v) is 2.56. The van der Waals surface area contributed by atoms with Crippen LogP contribution >= 0.6 is 0 Å². The van der Waals surface area contributed by atoms with Crippen LogP contribution in [0.2, 0.25) is 0 Å². The lowest BCUT2D eigenvalue weighted by Crippen LogP contribution is -2.20. The Hall–Kier alpha value is -2.89. The molecule has 0 spiro atoms. The largest absolute Gasteiger partial charge is 0.497 e. The molecule has 2 aromatic heterocycles. The number of rotatable bonds is 4. The minimum absolute atomic E-state index is 0.0217. The van der Waals surface area contributed by atoms with Gasteiger partial charge in [-0.2, -0.15) is 0 Å². The number of ketones is 1. The summed E-state index contributed by atoms with van der Waals surface area (Å²) in [7, 11) is 3.19. The summed E-state index contributed by atoms with van der Waals surface area (Å²) < 4.78 is 10.6. The van der Waals surface area contributed by atoms with Crippen molar-refractivity contribution in [1.82, 2.24) is 15.0 Å². The molecule has 0 unspecified atom stereocenters. The first-order chi connectivity index (χ1) is 11.8. The number of carbonyl (C=O) groups excluding carboxylic acids is 1. The molecule has 0 amide bonds. The van der Waals surface area contributed by atoms with Crippen LogP contribution in [0, 0.1) is 5.41 Å². The molecule has 0 aliphatic rings. The molecule has 1 aromatic carbocycles. The molecule has 3 aromatic rings. The van der Waals surface area contributed by atoms with E-state index in [1.54, 1.807) is 32.7 Å². The fraction of sp³-hybridized carbons (Fsp3) is 0.316. The Morgan fingerprint density at radius 1 is 1.08 bits per heavy atom. The molecule has 0 aliphatic carbocycles. The smallest absolute Gasteiger partial charge is 0.171 e. The summed E-state index contributed by atoms with van der Waals surface area (Å²) in [6.45, 7) is 5.66. The maximum absolute atomic E-state index is 12.7. The number of hydrogen-bond donors (Lipinski definition) is 1. The molecule has 6 nitrogen and oxygen atoms in total. The van der Waals surface area contributed by atoms with Gasteiger partial charge in [-0.1, -0.05) is 20.8 Å². The van der Waals surface area contributed by atoms with Gasteiger partial charge in [0.25, 0.3) is 0 Å². The maximum atomic E-state index is 12.7. The normalized spacial score (nSPS) is 11.6. The first kappa shape index (κ1) is 17.0. The van der Waals surface area contributed by atoms with Crippen molar-refractivity contribution in [2.24, 2.45) is 5.41 Å². The molecular weight excluding hydrogens is 318 g/mol. The molecule has 0 saturated carbocycles. The highest BCUT2D eigenvalue weighted by Crippen LogP contribution is 2.30. The van der Waals surface area contributed by atoms with Crippen molar-refractivity contribution >= 4 is 16.9 Å². The van der Waals surface area contributed by atoms with Crippen molar-refractivity contribution in [2.75, 3.05) is 14.2 Å². The van der Waals surface area contributed by atoms with Gasteiger partial charge in [0.1, 0.15) is 17.0 Å². The Morgan fingerprint density at radius 2 is 1.72 bits per heavy atom. The van der Waals surface area contributed by atoms with Gasteiger partial charge in [-0.3, -0.25) is 4.79 Å². The minimum atomic E-state index is -0.494. The van der Waals surface area contributed by atoms with E-state index in [4.69, 9.17) is 9.47 Å². The van der Waals surface area contributed by atoms with Gasteiger partial charge in [0.05, 0.1) is 31.7 Å². The maximum Gasteiger partial charge on any atom is 0.171 e. The highest BCUT2D eigenvalue weighted by molar-refractivity contribution is 6.08. The number of carbonyl (C=O) groups is 1. The predicted octanol–water partition coefficient (Wildman–Crippen LogP) is 3.87. The van der Waals surface area contributed by atoms with E-state index < -0.39 is 5.41 Å². The van der Waals surface area contributed by atoms with Crippen molar-refractivity contribution < 1.29 is 14.3 Å². The minimum Gasteiger partial charge on any atom is -0.497 e. The molecule has 25 heavy (non-hydrogen) atoms. The number of nitrogens with one attached hydrogen (secondary N) is 1. The summed E-state index contributed by atoms with van der Waals surface area (Å²) in [5, 5.41) is 0. The highest BCUT2D eigenvalue weighted by atomic mass is 16.5. The van der Waals surface area contributed by atoms with Crippen molar-refractivity contribution in [3.63, 3.8) is 0 Å². The summed E-state index contributed by atoms with van der Waals surface area (Å²) in [5.74, 6) is 1.35. The second-order valence-electron chi connectivity index (χ2n) is 6.84. The quantitative estimate of drug-likeness (QED) is 0.730. The Labute approximate surface area is 146 Å². The second kappa shape index (κ2) is 6.20. The number of fused-ring (bicyclic) bond motifs is 1. The predicted molar refractivity (Wildman–Crippen MR) is 96.2 cm³/mol. The number of benzene rings is 1. The summed E-state index contributed by atoms with van der Waals surface area (Å²) in [6.07, 6.45) is 3.34. The molecule has 0 bridgehead atoms. The number of H-pyrrole nitrogens is 1. The van der Waals surface area contributed by atoms with Crippen LogP contribution < -0.4 is 9.47 Å². The number of ether oxygens (including phenoxy) is 2. The molecule has 0 fully saturated rings. The molecule has 0 radical (unpaired) electrons. The van der Waals surface area contributed by atoms with Gasteiger partial charge in [0, 0.05) is 23.2 Å². The van der Waals surface area contributed by atoms with Gasteiger partial charge in [-0.25, -0.2) is 9.97 Å². The third kappa shape index (κ3) is 3.20. The molecule has 1 N–H and O–H groups in total. The zero-order valence-corrected chi connectivity index (χ0v) is 15.0. The van der Waals surface area contributed by atoms with E-state index in [0.717, 1.165) is 5.56 Å². The molecule has 3 rings (SSSR count). The number of aromatic amines is 1. The first-order valence-electron chi connectivity index (χ1n) is 7.96. The van der Waals surface area contributed by atoms with Crippen LogP contribution in [-0.4, -0.2) is 35.0 Å².